The summed E-state index contributed by atoms with van der Waals surface area (Å²) in [6.45, 7) is 5.03. The summed E-state index contributed by atoms with van der Waals surface area (Å²) in [5.74, 6) is 0.812. The maximum absolute atomic E-state index is 11.1. The van der Waals surface area contributed by atoms with Gasteiger partial charge in [-0.05, 0) is 25.3 Å². The number of hydrogen-bond acceptors (Lipinski definition) is 7. The number of hydrogen-bond donors (Lipinski definition) is 2. The summed E-state index contributed by atoms with van der Waals surface area (Å²) >= 11 is 1.49. The van der Waals surface area contributed by atoms with Crippen molar-refractivity contribution in [1.29, 1.82) is 5.26 Å². The third-order valence-corrected chi connectivity index (χ3v) is 3.69. The Morgan fingerprint density at radius 3 is 2.68 bits per heavy atom. The van der Waals surface area contributed by atoms with Crippen molar-refractivity contribution >= 4 is 29.1 Å². The first-order valence-corrected chi connectivity index (χ1v) is 7.12. The van der Waals surface area contributed by atoms with Gasteiger partial charge in [-0.1, -0.05) is 7.43 Å². The molecule has 0 saturated carbocycles. The van der Waals surface area contributed by atoms with E-state index < -0.39 is 0 Å². The van der Waals surface area contributed by atoms with Crippen molar-refractivity contribution in [2.75, 3.05) is 10.6 Å². The topological polar surface area (TPSA) is 104 Å². The quantitative estimate of drug-likeness (QED) is 0.898. The third kappa shape index (κ3) is 4.23. The van der Waals surface area contributed by atoms with Crippen LogP contribution in [0.25, 0.3) is 0 Å². The summed E-state index contributed by atoms with van der Waals surface area (Å²) in [5, 5.41) is 16.6. The molecule has 0 aliphatic carbocycles. The summed E-state index contributed by atoms with van der Waals surface area (Å²) in [4.78, 5) is 24.3. The number of anilines is 2. The SMILES string of the molecule is C.CC(=O)Nc1nc(C)nc(NC(C)c2sccc2C#N)n1. The van der Waals surface area contributed by atoms with E-state index in [0.717, 1.165) is 4.88 Å². The number of nitrogens with zero attached hydrogens (tertiary/aromatic N) is 4. The van der Waals surface area contributed by atoms with Gasteiger partial charge in [-0.15, -0.1) is 11.3 Å². The van der Waals surface area contributed by atoms with Gasteiger partial charge >= 0.3 is 0 Å². The number of thiophene rings is 1. The van der Waals surface area contributed by atoms with E-state index in [9.17, 15) is 4.79 Å². The lowest BCUT2D eigenvalue weighted by Crippen LogP contribution is -2.15. The summed E-state index contributed by atoms with van der Waals surface area (Å²) in [6.07, 6.45) is 0. The summed E-state index contributed by atoms with van der Waals surface area (Å²) < 4.78 is 0. The van der Waals surface area contributed by atoms with Crippen LogP contribution in [0, 0.1) is 18.3 Å². The van der Waals surface area contributed by atoms with E-state index in [1.165, 1.54) is 18.3 Å². The number of aromatic nitrogens is 3. The average Bonchev–Trinajstić information content (AvgIpc) is 2.85. The minimum absolute atomic E-state index is 0. The standard InChI is InChI=1S/C13H14N6OS.CH4/c1-7(11-10(6-14)4-5-21-11)15-12-16-8(2)17-13(19-12)18-9(3)20;/h4-5,7H,1-3H3,(H2,15,16,17,18,19,20);1H4. The van der Waals surface area contributed by atoms with E-state index in [4.69, 9.17) is 5.26 Å². The molecule has 0 bridgehead atoms. The molecule has 2 heterocycles. The van der Waals surface area contributed by atoms with E-state index in [1.807, 2.05) is 12.3 Å². The third-order valence-electron chi connectivity index (χ3n) is 2.59. The highest BCUT2D eigenvalue weighted by Crippen LogP contribution is 2.26. The zero-order valence-corrected chi connectivity index (χ0v) is 12.7. The maximum Gasteiger partial charge on any atom is 0.234 e. The second-order valence-electron chi connectivity index (χ2n) is 4.39. The van der Waals surface area contributed by atoms with Gasteiger partial charge in [-0.2, -0.15) is 20.2 Å². The van der Waals surface area contributed by atoms with Crippen molar-refractivity contribution in [3.05, 3.63) is 27.7 Å². The molecule has 0 radical (unpaired) electrons. The van der Waals surface area contributed by atoms with Crippen LogP contribution in [0.15, 0.2) is 11.4 Å². The van der Waals surface area contributed by atoms with E-state index in [1.54, 1.807) is 13.0 Å². The zero-order valence-electron chi connectivity index (χ0n) is 11.8. The first-order chi connectivity index (χ1) is 9.99. The van der Waals surface area contributed by atoms with Gasteiger partial charge in [-0.3, -0.25) is 10.1 Å². The van der Waals surface area contributed by atoms with Crippen LogP contribution in [0.2, 0.25) is 0 Å². The molecular formula is C14H18N6OS. The van der Waals surface area contributed by atoms with Crippen LogP contribution >= 0.6 is 11.3 Å². The second kappa shape index (κ2) is 7.47. The first kappa shape index (κ1) is 17.5. The molecule has 2 aromatic heterocycles. The van der Waals surface area contributed by atoms with Crippen molar-refractivity contribution < 1.29 is 4.79 Å². The van der Waals surface area contributed by atoms with Crippen molar-refractivity contribution in [2.45, 2.75) is 34.2 Å². The Morgan fingerprint density at radius 2 is 2.05 bits per heavy atom. The lowest BCUT2D eigenvalue weighted by molar-refractivity contribution is -0.114. The van der Waals surface area contributed by atoms with Crippen LogP contribution < -0.4 is 10.6 Å². The Bertz CT molecular complexity index is 706. The zero-order chi connectivity index (χ0) is 15.4. The van der Waals surface area contributed by atoms with Crippen LogP contribution in [0.5, 0.6) is 0 Å². The minimum Gasteiger partial charge on any atom is -0.347 e. The molecule has 0 aliphatic rings. The van der Waals surface area contributed by atoms with Gasteiger partial charge in [0.1, 0.15) is 11.9 Å². The highest BCUT2D eigenvalue weighted by Gasteiger charge is 2.14. The van der Waals surface area contributed by atoms with Gasteiger partial charge in [0.15, 0.2) is 0 Å². The molecule has 1 amide bonds. The number of amides is 1. The summed E-state index contributed by atoms with van der Waals surface area (Å²) in [7, 11) is 0. The molecule has 0 saturated heterocycles. The molecule has 0 aliphatic heterocycles. The Morgan fingerprint density at radius 1 is 1.36 bits per heavy atom. The van der Waals surface area contributed by atoms with Gasteiger partial charge in [0.25, 0.3) is 0 Å². The second-order valence-corrected chi connectivity index (χ2v) is 5.34. The Hall–Kier alpha value is -2.53. The van der Waals surface area contributed by atoms with Crippen molar-refractivity contribution in [1.82, 2.24) is 15.0 Å². The van der Waals surface area contributed by atoms with E-state index >= 15 is 0 Å². The van der Waals surface area contributed by atoms with E-state index in [2.05, 4.69) is 31.7 Å². The molecule has 116 valence electrons. The minimum atomic E-state index is -0.246. The predicted octanol–water partition coefficient (Wildman–Crippen LogP) is 2.88. The lowest BCUT2D eigenvalue weighted by Gasteiger charge is -2.13. The van der Waals surface area contributed by atoms with Crippen molar-refractivity contribution in [3.8, 4) is 6.07 Å². The number of carbonyl (C=O) groups is 1. The number of carbonyl (C=O) groups excluding carboxylic acids is 1. The molecule has 2 aromatic rings. The van der Waals surface area contributed by atoms with Crippen LogP contribution in [0.1, 0.15) is 43.6 Å². The maximum atomic E-state index is 11.1. The fourth-order valence-electron chi connectivity index (χ4n) is 1.77. The molecule has 8 heteroatoms. The predicted molar refractivity (Wildman–Crippen MR) is 86.7 cm³/mol. The fraction of sp³-hybridized carbons (Fsp3) is 0.357. The van der Waals surface area contributed by atoms with Gasteiger partial charge in [0, 0.05) is 11.8 Å². The molecule has 1 unspecified atom stereocenters. The fourth-order valence-corrected chi connectivity index (χ4v) is 2.62. The molecule has 22 heavy (non-hydrogen) atoms. The highest BCUT2D eigenvalue weighted by molar-refractivity contribution is 7.10. The molecule has 0 aromatic carbocycles. The van der Waals surface area contributed by atoms with Crippen LogP contribution in [0.3, 0.4) is 0 Å². The normalized spacial score (nSPS) is 11.0. The molecule has 0 fully saturated rings. The molecule has 1 atom stereocenters. The molecular weight excluding hydrogens is 300 g/mol. The largest absolute Gasteiger partial charge is 0.347 e. The van der Waals surface area contributed by atoms with E-state index in [-0.39, 0.29) is 25.3 Å². The van der Waals surface area contributed by atoms with Crippen molar-refractivity contribution in [2.24, 2.45) is 0 Å². The smallest absolute Gasteiger partial charge is 0.234 e. The monoisotopic (exact) mass is 318 g/mol. The van der Waals surface area contributed by atoms with Gasteiger partial charge in [0.05, 0.1) is 11.6 Å². The van der Waals surface area contributed by atoms with Crippen LogP contribution in [-0.2, 0) is 4.79 Å². The van der Waals surface area contributed by atoms with Gasteiger partial charge in [0.2, 0.25) is 17.8 Å². The molecule has 0 spiro atoms. The van der Waals surface area contributed by atoms with Gasteiger partial charge < -0.3 is 5.32 Å². The summed E-state index contributed by atoms with van der Waals surface area (Å²) in [6, 6.07) is 3.81. The highest BCUT2D eigenvalue weighted by atomic mass is 32.1. The summed E-state index contributed by atoms with van der Waals surface area (Å²) in [5.41, 5.74) is 0.632. The van der Waals surface area contributed by atoms with Crippen LogP contribution in [-0.4, -0.2) is 20.9 Å². The Labute approximate surface area is 133 Å². The average molecular weight is 318 g/mol. The Kier molecular flexibility index (Phi) is 5.95. The number of rotatable bonds is 4. The molecule has 7 nitrogen and oxygen atoms in total. The van der Waals surface area contributed by atoms with Crippen LogP contribution in [0.4, 0.5) is 11.9 Å². The molecule has 2 N–H and O–H groups in total. The molecule has 2 rings (SSSR count). The number of nitriles is 1. The van der Waals surface area contributed by atoms with E-state index in [0.29, 0.717) is 17.3 Å². The number of aryl methyl sites for hydroxylation is 1. The lowest BCUT2D eigenvalue weighted by atomic mass is 10.2. The van der Waals surface area contributed by atoms with Crippen molar-refractivity contribution in [3.63, 3.8) is 0 Å². The Balaban J connectivity index is 0.00000242. The van der Waals surface area contributed by atoms with Gasteiger partial charge in [-0.25, -0.2) is 0 Å². The number of nitrogens with one attached hydrogen (secondary N) is 2. The first-order valence-electron chi connectivity index (χ1n) is 6.24.